The Hall–Kier alpha value is -2.26. The Morgan fingerprint density at radius 2 is 1.60 bits per heavy atom. The average Bonchev–Trinajstić information content (AvgIpc) is 2.83. The van der Waals surface area contributed by atoms with Gasteiger partial charge in [-0.05, 0) is 62.4 Å². The molecule has 0 radical (unpaired) electrons. The smallest absolute Gasteiger partial charge is 0.251 e. The van der Waals surface area contributed by atoms with Gasteiger partial charge < -0.3 is 10.1 Å². The van der Waals surface area contributed by atoms with Crippen LogP contribution in [0.25, 0.3) is 0 Å². The van der Waals surface area contributed by atoms with Crippen LogP contribution in [-0.2, 0) is 27.8 Å². The topological polar surface area (TPSA) is 79.0 Å². The molecule has 0 aliphatic carbocycles. The van der Waals surface area contributed by atoms with Gasteiger partial charge in [-0.2, -0.15) is 4.31 Å². The summed E-state index contributed by atoms with van der Waals surface area (Å²) in [6, 6.07) is 13.1. The van der Waals surface area contributed by atoms with Crippen LogP contribution >= 0.6 is 0 Å². The van der Waals surface area contributed by atoms with Crippen LogP contribution in [0.2, 0.25) is 0 Å². The maximum atomic E-state index is 13.0. The second-order valence-corrected chi connectivity index (χ2v) is 11.8. The lowest BCUT2D eigenvalue weighted by Gasteiger charge is -2.35. The SMILES string of the molecule is Cc1ccc(S(=O)(=O)N2CCCCC2)cc1C(=O)NCc1ccc(CN2CC(C)OC(C)C2)cc1. The normalized spacial score (nSPS) is 22.1. The van der Waals surface area contributed by atoms with E-state index in [-0.39, 0.29) is 23.0 Å². The van der Waals surface area contributed by atoms with E-state index in [9.17, 15) is 13.2 Å². The van der Waals surface area contributed by atoms with E-state index in [2.05, 4.69) is 36.2 Å². The summed E-state index contributed by atoms with van der Waals surface area (Å²) in [6.45, 7) is 10.2. The molecule has 190 valence electrons. The molecule has 2 aliphatic rings. The molecule has 2 aromatic rings. The van der Waals surface area contributed by atoms with Crippen molar-refractivity contribution in [3.05, 3.63) is 64.7 Å². The van der Waals surface area contributed by atoms with E-state index in [1.807, 2.05) is 19.1 Å². The van der Waals surface area contributed by atoms with Crippen LogP contribution in [0.5, 0.6) is 0 Å². The van der Waals surface area contributed by atoms with Crippen LogP contribution in [0.15, 0.2) is 47.4 Å². The van der Waals surface area contributed by atoms with Crippen molar-refractivity contribution in [2.75, 3.05) is 26.2 Å². The molecule has 7 nitrogen and oxygen atoms in total. The number of amides is 1. The van der Waals surface area contributed by atoms with Crippen LogP contribution in [0.3, 0.4) is 0 Å². The van der Waals surface area contributed by atoms with Crippen LogP contribution in [0.1, 0.15) is 60.2 Å². The maximum Gasteiger partial charge on any atom is 0.251 e. The lowest BCUT2D eigenvalue weighted by Crippen LogP contribution is -2.44. The number of hydrogen-bond donors (Lipinski definition) is 1. The molecule has 1 amide bonds. The third-order valence-electron chi connectivity index (χ3n) is 6.78. The number of benzene rings is 2. The van der Waals surface area contributed by atoms with Gasteiger partial charge in [-0.3, -0.25) is 9.69 Å². The van der Waals surface area contributed by atoms with Crippen molar-refractivity contribution in [3.8, 4) is 0 Å². The van der Waals surface area contributed by atoms with Gasteiger partial charge in [0.05, 0.1) is 17.1 Å². The Morgan fingerprint density at radius 1 is 0.971 bits per heavy atom. The minimum absolute atomic E-state index is 0.186. The van der Waals surface area contributed by atoms with Crippen LogP contribution < -0.4 is 5.32 Å². The third kappa shape index (κ3) is 6.50. The molecule has 0 aromatic heterocycles. The van der Waals surface area contributed by atoms with Crippen LogP contribution in [-0.4, -0.2) is 61.9 Å². The first kappa shape index (κ1) is 25.8. The molecule has 2 aliphatic heterocycles. The Kier molecular flexibility index (Phi) is 8.27. The molecule has 2 unspecified atom stereocenters. The monoisotopic (exact) mass is 499 g/mol. The first-order chi connectivity index (χ1) is 16.7. The zero-order valence-electron chi connectivity index (χ0n) is 21.0. The fourth-order valence-corrected chi connectivity index (χ4v) is 6.52. The first-order valence-electron chi connectivity index (χ1n) is 12.6. The Balaban J connectivity index is 1.37. The van der Waals surface area contributed by atoms with Crippen molar-refractivity contribution in [2.45, 2.75) is 70.2 Å². The number of carbonyl (C=O) groups excluding carboxylic acids is 1. The van der Waals surface area contributed by atoms with E-state index in [0.29, 0.717) is 25.2 Å². The summed E-state index contributed by atoms with van der Waals surface area (Å²) in [5.41, 5.74) is 3.38. The van der Waals surface area contributed by atoms with E-state index in [1.54, 1.807) is 12.1 Å². The van der Waals surface area contributed by atoms with E-state index in [4.69, 9.17) is 4.74 Å². The quantitative estimate of drug-likeness (QED) is 0.628. The van der Waals surface area contributed by atoms with Crippen molar-refractivity contribution in [2.24, 2.45) is 0 Å². The number of piperidine rings is 1. The lowest BCUT2D eigenvalue weighted by molar-refractivity contribution is -0.0704. The fourth-order valence-electron chi connectivity index (χ4n) is 4.97. The molecule has 0 saturated carbocycles. The van der Waals surface area contributed by atoms with Gasteiger partial charge in [0.25, 0.3) is 5.91 Å². The molecule has 2 fully saturated rings. The summed E-state index contributed by atoms with van der Waals surface area (Å²) in [7, 11) is -3.58. The van der Waals surface area contributed by atoms with Gasteiger partial charge in [0.1, 0.15) is 0 Å². The molecule has 0 bridgehead atoms. The van der Waals surface area contributed by atoms with Gasteiger partial charge in [0.2, 0.25) is 10.0 Å². The lowest BCUT2D eigenvalue weighted by atomic mass is 10.1. The Morgan fingerprint density at radius 3 is 2.26 bits per heavy atom. The fraction of sp³-hybridized carbons (Fsp3) is 0.519. The number of hydrogen-bond acceptors (Lipinski definition) is 5. The third-order valence-corrected chi connectivity index (χ3v) is 8.68. The van der Waals surface area contributed by atoms with Crippen molar-refractivity contribution in [3.63, 3.8) is 0 Å². The van der Waals surface area contributed by atoms with Gasteiger partial charge in [0, 0.05) is 44.8 Å². The highest BCUT2D eigenvalue weighted by Crippen LogP contribution is 2.23. The molecule has 4 rings (SSSR count). The number of rotatable bonds is 7. The van der Waals surface area contributed by atoms with Gasteiger partial charge >= 0.3 is 0 Å². The number of morpholine rings is 1. The highest BCUT2D eigenvalue weighted by Gasteiger charge is 2.27. The van der Waals surface area contributed by atoms with Crippen LogP contribution in [0.4, 0.5) is 0 Å². The van der Waals surface area contributed by atoms with E-state index in [0.717, 1.165) is 50.0 Å². The highest BCUT2D eigenvalue weighted by molar-refractivity contribution is 7.89. The van der Waals surface area contributed by atoms with E-state index in [1.165, 1.54) is 15.9 Å². The van der Waals surface area contributed by atoms with E-state index >= 15 is 0 Å². The van der Waals surface area contributed by atoms with Crippen molar-refractivity contribution >= 4 is 15.9 Å². The van der Waals surface area contributed by atoms with Crippen molar-refractivity contribution in [1.29, 1.82) is 0 Å². The minimum Gasteiger partial charge on any atom is -0.373 e. The molecule has 8 heteroatoms. The molecular weight excluding hydrogens is 462 g/mol. The van der Waals surface area contributed by atoms with Gasteiger partial charge in [0.15, 0.2) is 0 Å². The molecule has 2 saturated heterocycles. The van der Waals surface area contributed by atoms with Crippen molar-refractivity contribution < 1.29 is 17.9 Å². The predicted octanol–water partition coefficient (Wildman–Crippen LogP) is 3.71. The van der Waals surface area contributed by atoms with Gasteiger partial charge in [-0.25, -0.2) is 8.42 Å². The summed E-state index contributed by atoms with van der Waals surface area (Å²) in [5, 5.41) is 2.95. The number of nitrogens with zero attached hydrogens (tertiary/aromatic N) is 2. The number of carbonyl (C=O) groups is 1. The van der Waals surface area contributed by atoms with Crippen LogP contribution in [0, 0.1) is 6.92 Å². The average molecular weight is 500 g/mol. The summed E-state index contributed by atoms with van der Waals surface area (Å²) in [6.07, 6.45) is 3.29. The van der Waals surface area contributed by atoms with Crippen molar-refractivity contribution in [1.82, 2.24) is 14.5 Å². The van der Waals surface area contributed by atoms with E-state index < -0.39 is 10.0 Å². The van der Waals surface area contributed by atoms with Gasteiger partial charge in [-0.15, -0.1) is 0 Å². The predicted molar refractivity (Wildman–Crippen MR) is 137 cm³/mol. The zero-order chi connectivity index (χ0) is 25.0. The molecule has 2 atom stereocenters. The maximum absolute atomic E-state index is 13.0. The molecule has 2 heterocycles. The number of aryl methyl sites for hydroxylation is 1. The summed E-state index contributed by atoms with van der Waals surface area (Å²) in [5.74, 6) is -0.265. The molecular formula is C27H37N3O4S. The molecule has 35 heavy (non-hydrogen) atoms. The number of nitrogens with one attached hydrogen (secondary N) is 1. The first-order valence-corrected chi connectivity index (χ1v) is 14.0. The Labute approximate surface area is 209 Å². The summed E-state index contributed by atoms with van der Waals surface area (Å²) < 4.78 is 33.4. The van der Waals surface area contributed by atoms with Gasteiger partial charge in [-0.1, -0.05) is 36.8 Å². The molecule has 1 N–H and O–H groups in total. The Bertz CT molecular complexity index is 1120. The second kappa shape index (κ2) is 11.2. The number of ether oxygens (including phenoxy) is 1. The second-order valence-electron chi connectivity index (χ2n) is 9.89. The largest absolute Gasteiger partial charge is 0.373 e. The minimum atomic E-state index is -3.58. The summed E-state index contributed by atoms with van der Waals surface area (Å²) >= 11 is 0. The summed E-state index contributed by atoms with van der Waals surface area (Å²) in [4.78, 5) is 15.5. The number of sulfonamides is 1. The highest BCUT2D eigenvalue weighted by atomic mass is 32.2. The zero-order valence-corrected chi connectivity index (χ0v) is 21.8. The molecule has 2 aromatic carbocycles. The molecule has 0 spiro atoms. The standard InChI is InChI=1S/C27H37N3O4S/c1-20-7-12-25(35(32,33)30-13-5-4-6-14-30)15-26(20)27(31)28-16-23-8-10-24(11-9-23)19-29-17-21(2)34-22(3)18-29/h7-12,15,21-22H,4-6,13-14,16-19H2,1-3H3,(H,28,31).